The molecule has 5 nitrogen and oxygen atoms in total. The third-order valence-electron chi connectivity index (χ3n) is 3.15. The van der Waals surface area contributed by atoms with Gasteiger partial charge >= 0.3 is 0 Å². The van der Waals surface area contributed by atoms with Gasteiger partial charge in [0.25, 0.3) is 0 Å². The van der Waals surface area contributed by atoms with Gasteiger partial charge in [-0.15, -0.1) is 10.2 Å². The molecule has 92 valence electrons. The number of fused-ring (bicyclic) bond motifs is 2. The van der Waals surface area contributed by atoms with Gasteiger partial charge in [-0.25, -0.2) is 9.50 Å². The van der Waals surface area contributed by atoms with Crippen molar-refractivity contribution in [3.05, 3.63) is 41.5 Å². The summed E-state index contributed by atoms with van der Waals surface area (Å²) in [6.45, 7) is 2.05. The molecule has 19 heavy (non-hydrogen) atoms. The number of aryl methyl sites for hydroxylation is 1. The summed E-state index contributed by atoms with van der Waals surface area (Å²) >= 11 is 1.50. The Hall–Kier alpha value is -2.34. The predicted octanol–water partition coefficient (Wildman–Crippen LogP) is 2.71. The first-order valence-electron chi connectivity index (χ1n) is 5.84. The Kier molecular flexibility index (Phi) is 2.13. The van der Waals surface area contributed by atoms with Crippen LogP contribution in [-0.4, -0.2) is 24.8 Å². The fraction of sp³-hybridized carbons (Fsp3) is 0.0769. The van der Waals surface area contributed by atoms with Crippen LogP contribution >= 0.6 is 11.3 Å². The molecule has 0 amide bonds. The lowest BCUT2D eigenvalue weighted by Gasteiger charge is -2.04. The lowest BCUT2D eigenvalue weighted by Crippen LogP contribution is -1.94. The number of hydrogen-bond donors (Lipinski definition) is 0. The molecular weight excluding hydrogens is 258 g/mol. The molecule has 3 heterocycles. The van der Waals surface area contributed by atoms with E-state index in [1.54, 1.807) is 10.0 Å². The number of hydrogen-bond acceptors (Lipinski definition) is 5. The second-order valence-electron chi connectivity index (χ2n) is 4.28. The van der Waals surface area contributed by atoms with E-state index in [4.69, 9.17) is 0 Å². The molecule has 0 fully saturated rings. The molecule has 0 atom stereocenters. The number of imidazole rings is 1. The van der Waals surface area contributed by atoms with E-state index < -0.39 is 0 Å². The normalized spacial score (nSPS) is 11.4. The second kappa shape index (κ2) is 3.83. The predicted molar refractivity (Wildman–Crippen MR) is 74.1 cm³/mol. The summed E-state index contributed by atoms with van der Waals surface area (Å²) in [5, 5.41) is 13.8. The molecule has 0 saturated carbocycles. The van der Waals surface area contributed by atoms with Crippen LogP contribution in [0, 0.1) is 6.92 Å². The van der Waals surface area contributed by atoms with Crippen molar-refractivity contribution >= 4 is 27.2 Å². The summed E-state index contributed by atoms with van der Waals surface area (Å²) in [5.41, 5.74) is 5.40. The van der Waals surface area contributed by atoms with Gasteiger partial charge < -0.3 is 0 Å². The molecule has 0 N–H and O–H groups in total. The quantitative estimate of drug-likeness (QED) is 0.532. The molecule has 0 bridgehead atoms. The first-order valence-corrected chi connectivity index (χ1v) is 6.72. The van der Waals surface area contributed by atoms with E-state index in [0.717, 1.165) is 32.8 Å². The summed E-state index contributed by atoms with van der Waals surface area (Å²) in [4.78, 5) is 5.39. The van der Waals surface area contributed by atoms with Crippen LogP contribution in [0.15, 0.2) is 36.0 Å². The summed E-state index contributed by atoms with van der Waals surface area (Å²) in [5.74, 6) is 0. The van der Waals surface area contributed by atoms with E-state index in [9.17, 15) is 0 Å². The zero-order valence-corrected chi connectivity index (χ0v) is 10.9. The summed E-state index contributed by atoms with van der Waals surface area (Å²) in [6, 6.07) is 7.99. The molecule has 0 aliphatic rings. The van der Waals surface area contributed by atoms with Gasteiger partial charge in [0.05, 0.1) is 11.7 Å². The summed E-state index contributed by atoms with van der Waals surface area (Å²) in [7, 11) is 0. The van der Waals surface area contributed by atoms with Gasteiger partial charge in [0.1, 0.15) is 16.9 Å². The topological polar surface area (TPSA) is 56.0 Å². The van der Waals surface area contributed by atoms with Gasteiger partial charge in [0, 0.05) is 5.39 Å². The smallest absolute Gasteiger partial charge is 0.212 e. The second-order valence-corrected chi connectivity index (χ2v) is 5.09. The standard InChI is InChI=1S/C13H9N5S/c1-8-9-4-2-3-5-10(9)16-17-12(8)11-6-18-13(15-11)19-7-14-18/h2-7H,1H3. The number of nitrogens with zero attached hydrogens (tertiary/aromatic N) is 5. The molecule has 0 radical (unpaired) electrons. The molecule has 0 spiro atoms. The zero-order chi connectivity index (χ0) is 12.8. The molecule has 0 aliphatic carbocycles. The van der Waals surface area contributed by atoms with Crippen molar-refractivity contribution in [3.8, 4) is 11.4 Å². The maximum Gasteiger partial charge on any atom is 0.212 e. The molecule has 4 aromatic rings. The monoisotopic (exact) mass is 267 g/mol. The van der Waals surface area contributed by atoms with E-state index in [-0.39, 0.29) is 0 Å². The van der Waals surface area contributed by atoms with Crippen molar-refractivity contribution in [1.82, 2.24) is 24.8 Å². The molecule has 0 aliphatic heterocycles. The third kappa shape index (κ3) is 1.53. The molecule has 1 aromatic carbocycles. The fourth-order valence-electron chi connectivity index (χ4n) is 2.18. The van der Waals surface area contributed by atoms with Crippen LogP contribution in [0.25, 0.3) is 27.3 Å². The number of benzene rings is 1. The van der Waals surface area contributed by atoms with Gasteiger partial charge in [0.15, 0.2) is 0 Å². The van der Waals surface area contributed by atoms with E-state index in [0.29, 0.717) is 0 Å². The van der Waals surface area contributed by atoms with Crippen molar-refractivity contribution in [3.63, 3.8) is 0 Å². The van der Waals surface area contributed by atoms with Crippen molar-refractivity contribution in [2.45, 2.75) is 6.92 Å². The van der Waals surface area contributed by atoms with E-state index >= 15 is 0 Å². The van der Waals surface area contributed by atoms with Crippen molar-refractivity contribution in [2.24, 2.45) is 0 Å². The molecule has 6 heteroatoms. The van der Waals surface area contributed by atoms with Crippen LogP contribution in [0.3, 0.4) is 0 Å². The SMILES string of the molecule is Cc1c(-c2cn3ncsc3n2)nnc2ccccc12. The van der Waals surface area contributed by atoms with Gasteiger partial charge in [-0.05, 0) is 18.6 Å². The van der Waals surface area contributed by atoms with E-state index in [2.05, 4.69) is 26.3 Å². The minimum atomic E-state index is 0.815. The highest BCUT2D eigenvalue weighted by molar-refractivity contribution is 7.14. The Balaban J connectivity index is 2.00. The molecule has 0 saturated heterocycles. The van der Waals surface area contributed by atoms with Crippen LogP contribution < -0.4 is 0 Å². The van der Waals surface area contributed by atoms with Crippen LogP contribution in [0.4, 0.5) is 0 Å². The molecular formula is C13H9N5S. The Bertz CT molecular complexity index is 864. The van der Waals surface area contributed by atoms with Gasteiger partial charge in [-0.1, -0.05) is 29.5 Å². The van der Waals surface area contributed by atoms with Crippen LogP contribution in [-0.2, 0) is 0 Å². The minimum Gasteiger partial charge on any atom is -0.216 e. The van der Waals surface area contributed by atoms with Crippen molar-refractivity contribution in [2.75, 3.05) is 0 Å². The Morgan fingerprint density at radius 2 is 2.05 bits per heavy atom. The van der Waals surface area contributed by atoms with E-state index in [1.807, 2.05) is 31.3 Å². The van der Waals surface area contributed by atoms with Crippen LogP contribution in [0.1, 0.15) is 5.56 Å². The Labute approximate surface area is 112 Å². The minimum absolute atomic E-state index is 0.815. The fourth-order valence-corrected chi connectivity index (χ4v) is 2.78. The average molecular weight is 267 g/mol. The highest BCUT2D eigenvalue weighted by atomic mass is 32.1. The maximum atomic E-state index is 4.53. The summed E-state index contributed by atoms with van der Waals surface area (Å²) < 4.78 is 1.76. The van der Waals surface area contributed by atoms with Crippen molar-refractivity contribution < 1.29 is 0 Å². The first kappa shape index (κ1) is 10.6. The molecule has 3 aromatic heterocycles. The van der Waals surface area contributed by atoms with Crippen LogP contribution in [0.5, 0.6) is 0 Å². The zero-order valence-electron chi connectivity index (χ0n) is 10.1. The first-order chi connectivity index (χ1) is 9.33. The van der Waals surface area contributed by atoms with Gasteiger partial charge in [-0.3, -0.25) is 0 Å². The van der Waals surface area contributed by atoms with Gasteiger partial charge in [0.2, 0.25) is 4.96 Å². The van der Waals surface area contributed by atoms with Crippen molar-refractivity contribution in [1.29, 1.82) is 0 Å². The third-order valence-corrected chi connectivity index (χ3v) is 3.84. The number of aromatic nitrogens is 5. The summed E-state index contributed by atoms with van der Waals surface area (Å²) in [6.07, 6.45) is 1.89. The van der Waals surface area contributed by atoms with Gasteiger partial charge in [-0.2, -0.15) is 5.10 Å². The lowest BCUT2D eigenvalue weighted by atomic mass is 10.1. The molecule has 0 unspecified atom stereocenters. The Morgan fingerprint density at radius 1 is 1.16 bits per heavy atom. The van der Waals surface area contributed by atoms with Crippen LogP contribution in [0.2, 0.25) is 0 Å². The highest BCUT2D eigenvalue weighted by Crippen LogP contribution is 2.26. The molecule has 4 rings (SSSR count). The average Bonchev–Trinajstić information content (AvgIpc) is 3.00. The lowest BCUT2D eigenvalue weighted by molar-refractivity contribution is 0.972. The van der Waals surface area contributed by atoms with E-state index in [1.165, 1.54) is 11.3 Å². The highest BCUT2D eigenvalue weighted by Gasteiger charge is 2.12. The Morgan fingerprint density at radius 3 is 2.95 bits per heavy atom. The maximum absolute atomic E-state index is 4.53. The largest absolute Gasteiger partial charge is 0.216 e. The number of rotatable bonds is 1.